The number of aromatic nitrogens is 2. The molecule has 3 aromatic rings. The summed E-state index contributed by atoms with van der Waals surface area (Å²) in [6, 6.07) is 12.0. The van der Waals surface area contributed by atoms with E-state index in [0.717, 1.165) is 11.1 Å². The molecule has 0 aliphatic rings. The van der Waals surface area contributed by atoms with E-state index in [0.29, 0.717) is 6.54 Å². The largest absolute Gasteiger partial charge is 0.266 e. The number of nitrogens with one attached hydrogen (secondary N) is 1. The van der Waals surface area contributed by atoms with Gasteiger partial charge in [-0.05, 0) is 30.2 Å². The number of nitrogens with zero attached hydrogens (tertiary/aromatic N) is 2. The van der Waals surface area contributed by atoms with Crippen LogP contribution in [0, 0.1) is 6.92 Å². The first kappa shape index (κ1) is 19.0. The predicted octanol–water partition coefficient (Wildman–Crippen LogP) is 5.00. The van der Waals surface area contributed by atoms with Gasteiger partial charge in [0.25, 0.3) is 10.0 Å². The van der Waals surface area contributed by atoms with Crippen molar-refractivity contribution >= 4 is 50.6 Å². The lowest BCUT2D eigenvalue weighted by atomic mass is 10.1. The molecule has 1 heterocycles. The Morgan fingerprint density at radius 1 is 1.04 bits per heavy atom. The molecule has 0 amide bonds. The molecule has 9 heteroatoms. The molecule has 0 unspecified atom stereocenters. The quantitative estimate of drug-likeness (QED) is 0.579. The zero-order valence-electron chi connectivity index (χ0n) is 13.6. The molecule has 0 spiro atoms. The molecule has 0 aliphatic carbocycles. The van der Waals surface area contributed by atoms with Crippen LogP contribution in [0.4, 0.5) is 5.82 Å². The lowest BCUT2D eigenvalue weighted by Gasteiger charge is -2.09. The van der Waals surface area contributed by atoms with Crippen LogP contribution in [0.1, 0.15) is 11.1 Å². The maximum absolute atomic E-state index is 12.6. The fourth-order valence-electron chi connectivity index (χ4n) is 2.37. The summed E-state index contributed by atoms with van der Waals surface area (Å²) in [6.07, 6.45) is 1.70. The van der Waals surface area contributed by atoms with Gasteiger partial charge in [-0.2, -0.15) is 5.10 Å². The highest BCUT2D eigenvalue weighted by Gasteiger charge is 2.21. The third-order valence-corrected chi connectivity index (χ3v) is 6.28. The zero-order valence-corrected chi connectivity index (χ0v) is 16.7. The Kier molecular flexibility index (Phi) is 5.48. The second-order valence-corrected chi connectivity index (χ2v) is 8.50. The van der Waals surface area contributed by atoms with Crippen molar-refractivity contribution in [2.24, 2.45) is 0 Å². The van der Waals surface area contributed by atoms with Crippen LogP contribution in [0.2, 0.25) is 15.1 Å². The zero-order chi connectivity index (χ0) is 18.9. The van der Waals surface area contributed by atoms with Crippen LogP contribution in [0.3, 0.4) is 0 Å². The molecule has 0 saturated heterocycles. The van der Waals surface area contributed by atoms with Gasteiger partial charge in [-0.25, -0.2) is 8.42 Å². The van der Waals surface area contributed by atoms with Crippen LogP contribution in [0.15, 0.2) is 53.6 Å². The van der Waals surface area contributed by atoms with E-state index < -0.39 is 10.0 Å². The van der Waals surface area contributed by atoms with E-state index in [1.807, 2.05) is 31.2 Å². The molecular formula is C17H14Cl3N3O2S. The van der Waals surface area contributed by atoms with Crippen molar-refractivity contribution in [3.8, 4) is 0 Å². The Morgan fingerprint density at radius 2 is 1.73 bits per heavy atom. The molecule has 2 aromatic carbocycles. The van der Waals surface area contributed by atoms with Gasteiger partial charge in [-0.1, -0.05) is 59.1 Å². The SMILES string of the molecule is Cc1ccccc1Cn1ccc(NS(=O)(=O)c2cc(Cl)c(Cl)cc2Cl)n1. The minimum absolute atomic E-state index is 0.0220. The van der Waals surface area contributed by atoms with E-state index in [-0.39, 0.29) is 25.8 Å². The number of benzene rings is 2. The van der Waals surface area contributed by atoms with Gasteiger partial charge < -0.3 is 0 Å². The molecule has 0 fully saturated rings. The van der Waals surface area contributed by atoms with Crippen LogP contribution in [0.5, 0.6) is 0 Å². The molecule has 0 saturated carbocycles. The first-order chi connectivity index (χ1) is 12.3. The summed E-state index contributed by atoms with van der Waals surface area (Å²) < 4.78 is 29.2. The smallest absolute Gasteiger partial charge is 0.264 e. The normalized spacial score (nSPS) is 11.5. The monoisotopic (exact) mass is 429 g/mol. The first-order valence-corrected chi connectivity index (χ1v) is 10.1. The van der Waals surface area contributed by atoms with Gasteiger partial charge in [-0.3, -0.25) is 9.40 Å². The van der Waals surface area contributed by atoms with Crippen molar-refractivity contribution in [1.29, 1.82) is 0 Å². The Bertz CT molecular complexity index is 1060. The van der Waals surface area contributed by atoms with Crippen LogP contribution in [0.25, 0.3) is 0 Å². The molecule has 1 aromatic heterocycles. The third kappa shape index (κ3) is 4.15. The van der Waals surface area contributed by atoms with E-state index in [1.54, 1.807) is 16.9 Å². The van der Waals surface area contributed by atoms with Gasteiger partial charge in [0.15, 0.2) is 5.82 Å². The topological polar surface area (TPSA) is 64.0 Å². The summed E-state index contributed by atoms with van der Waals surface area (Å²) in [6.45, 7) is 2.54. The average molecular weight is 431 g/mol. The molecule has 136 valence electrons. The number of aryl methyl sites for hydroxylation is 1. The van der Waals surface area contributed by atoms with Crippen molar-refractivity contribution in [1.82, 2.24) is 9.78 Å². The highest BCUT2D eigenvalue weighted by atomic mass is 35.5. The van der Waals surface area contributed by atoms with Gasteiger partial charge in [0.2, 0.25) is 0 Å². The van der Waals surface area contributed by atoms with Crippen molar-refractivity contribution in [2.45, 2.75) is 18.4 Å². The summed E-state index contributed by atoms with van der Waals surface area (Å²) in [5, 5.41) is 4.51. The number of anilines is 1. The number of hydrogen-bond acceptors (Lipinski definition) is 3. The van der Waals surface area contributed by atoms with Crippen LogP contribution >= 0.6 is 34.8 Å². The van der Waals surface area contributed by atoms with Crippen molar-refractivity contribution in [3.05, 3.63) is 74.9 Å². The summed E-state index contributed by atoms with van der Waals surface area (Å²) in [5.41, 5.74) is 2.23. The van der Waals surface area contributed by atoms with Crippen LogP contribution < -0.4 is 4.72 Å². The highest BCUT2D eigenvalue weighted by molar-refractivity contribution is 7.92. The molecule has 0 radical (unpaired) electrons. The molecule has 0 atom stereocenters. The number of sulfonamides is 1. The minimum Gasteiger partial charge on any atom is -0.266 e. The Hall–Kier alpha value is -1.73. The van der Waals surface area contributed by atoms with Crippen LogP contribution in [-0.4, -0.2) is 18.2 Å². The lowest BCUT2D eigenvalue weighted by molar-refractivity contribution is 0.600. The third-order valence-electron chi connectivity index (χ3n) is 3.74. The first-order valence-electron chi connectivity index (χ1n) is 7.51. The van der Waals surface area contributed by atoms with Gasteiger partial charge in [0.1, 0.15) is 4.90 Å². The van der Waals surface area contributed by atoms with Gasteiger partial charge in [-0.15, -0.1) is 0 Å². The maximum atomic E-state index is 12.6. The fraction of sp³-hybridized carbons (Fsp3) is 0.118. The average Bonchev–Trinajstić information content (AvgIpc) is 2.99. The summed E-state index contributed by atoms with van der Waals surface area (Å²) in [5.74, 6) is 0.181. The molecule has 0 bridgehead atoms. The Morgan fingerprint density at radius 3 is 2.46 bits per heavy atom. The Balaban J connectivity index is 1.82. The lowest BCUT2D eigenvalue weighted by Crippen LogP contribution is -2.14. The van der Waals surface area contributed by atoms with Gasteiger partial charge in [0, 0.05) is 12.3 Å². The number of hydrogen-bond donors (Lipinski definition) is 1. The molecule has 3 rings (SSSR count). The maximum Gasteiger partial charge on any atom is 0.264 e. The van der Waals surface area contributed by atoms with E-state index in [2.05, 4.69) is 9.82 Å². The summed E-state index contributed by atoms with van der Waals surface area (Å²) in [7, 11) is -3.95. The second kappa shape index (κ2) is 7.48. The van der Waals surface area contributed by atoms with E-state index in [1.165, 1.54) is 12.1 Å². The second-order valence-electron chi connectivity index (χ2n) is 5.63. The van der Waals surface area contributed by atoms with Crippen LogP contribution in [-0.2, 0) is 16.6 Å². The number of halogens is 3. The van der Waals surface area contributed by atoms with Crippen molar-refractivity contribution in [2.75, 3.05) is 4.72 Å². The molecule has 1 N–H and O–H groups in total. The minimum atomic E-state index is -3.95. The van der Waals surface area contributed by atoms with E-state index >= 15 is 0 Å². The van der Waals surface area contributed by atoms with Gasteiger partial charge in [0.05, 0.1) is 21.6 Å². The van der Waals surface area contributed by atoms with Crippen molar-refractivity contribution < 1.29 is 8.42 Å². The Labute approximate surface area is 166 Å². The molecule has 0 aliphatic heterocycles. The summed E-state index contributed by atoms with van der Waals surface area (Å²) in [4.78, 5) is -0.165. The number of rotatable bonds is 5. The standard InChI is InChI=1S/C17H14Cl3N3O2S/c1-11-4-2-3-5-12(11)10-23-7-6-17(21-23)22-26(24,25)16-9-14(19)13(18)8-15(16)20/h2-9H,10H2,1H3,(H,21,22). The van der Waals surface area contributed by atoms with Gasteiger partial charge >= 0.3 is 0 Å². The van der Waals surface area contributed by atoms with E-state index in [4.69, 9.17) is 34.8 Å². The predicted molar refractivity (Wildman–Crippen MR) is 105 cm³/mol. The van der Waals surface area contributed by atoms with Crippen molar-refractivity contribution in [3.63, 3.8) is 0 Å². The fourth-order valence-corrected chi connectivity index (χ4v) is 4.37. The molecule has 5 nitrogen and oxygen atoms in total. The summed E-state index contributed by atoms with van der Waals surface area (Å²) >= 11 is 17.7. The molecular weight excluding hydrogens is 417 g/mol. The molecule has 26 heavy (non-hydrogen) atoms. The van der Waals surface area contributed by atoms with E-state index in [9.17, 15) is 8.42 Å². The highest BCUT2D eigenvalue weighted by Crippen LogP contribution is 2.32.